The molecule has 0 saturated carbocycles. The molecule has 4 nitrogen and oxygen atoms in total. The maximum absolute atomic E-state index is 12.5. The SMILES string of the molecule is C[C@H]1CCc2sc(C(=O)O[C@@H](C)C(=O)N(C)Cc3ccccc3)cc2C1. The number of fused-ring (bicyclic) bond motifs is 1. The highest BCUT2D eigenvalue weighted by Gasteiger charge is 2.25. The molecule has 1 aliphatic rings. The topological polar surface area (TPSA) is 46.6 Å². The van der Waals surface area contributed by atoms with Gasteiger partial charge in [0.05, 0.1) is 0 Å². The van der Waals surface area contributed by atoms with Crippen LogP contribution in [-0.4, -0.2) is 29.9 Å². The van der Waals surface area contributed by atoms with Crippen molar-refractivity contribution in [1.29, 1.82) is 0 Å². The number of carbonyl (C=O) groups excluding carboxylic acids is 2. The van der Waals surface area contributed by atoms with Crippen molar-refractivity contribution in [1.82, 2.24) is 4.90 Å². The van der Waals surface area contributed by atoms with E-state index in [2.05, 4.69) is 6.92 Å². The third-order valence-electron chi connectivity index (χ3n) is 4.80. The summed E-state index contributed by atoms with van der Waals surface area (Å²) in [6.07, 6.45) is 2.42. The van der Waals surface area contributed by atoms with E-state index >= 15 is 0 Å². The van der Waals surface area contributed by atoms with Gasteiger partial charge >= 0.3 is 5.97 Å². The van der Waals surface area contributed by atoms with Crippen molar-refractivity contribution in [2.24, 2.45) is 5.92 Å². The molecule has 138 valence electrons. The Kier molecular flexibility index (Phi) is 5.77. The second kappa shape index (κ2) is 8.04. The standard InChI is InChI=1S/C21H25NO3S/c1-14-9-10-18-17(11-14)12-19(26-18)21(24)25-15(2)20(23)22(3)13-16-7-5-4-6-8-16/h4-8,12,14-15H,9-11,13H2,1-3H3/t14-,15-/m0/s1. The lowest BCUT2D eigenvalue weighted by molar-refractivity contribution is -0.139. The normalized spacial score (nSPS) is 17.3. The van der Waals surface area contributed by atoms with Gasteiger partial charge in [0, 0.05) is 18.5 Å². The van der Waals surface area contributed by atoms with Crippen LogP contribution in [0.25, 0.3) is 0 Å². The Bertz CT molecular complexity index is 784. The highest BCUT2D eigenvalue weighted by Crippen LogP contribution is 2.32. The lowest BCUT2D eigenvalue weighted by atomic mass is 9.90. The van der Waals surface area contributed by atoms with Gasteiger partial charge < -0.3 is 9.64 Å². The average molecular weight is 372 g/mol. The molecule has 2 atom stereocenters. The lowest BCUT2D eigenvalue weighted by Gasteiger charge is -2.21. The van der Waals surface area contributed by atoms with Crippen molar-refractivity contribution in [3.05, 3.63) is 57.3 Å². The first-order valence-corrected chi connectivity index (χ1v) is 9.87. The zero-order chi connectivity index (χ0) is 18.7. The first-order valence-electron chi connectivity index (χ1n) is 9.05. The summed E-state index contributed by atoms with van der Waals surface area (Å²) in [4.78, 5) is 28.4. The average Bonchev–Trinajstić information content (AvgIpc) is 3.05. The van der Waals surface area contributed by atoms with Gasteiger partial charge in [-0.3, -0.25) is 4.79 Å². The molecule has 0 unspecified atom stereocenters. The fourth-order valence-electron chi connectivity index (χ4n) is 3.32. The van der Waals surface area contributed by atoms with Crippen LogP contribution in [0.1, 0.15) is 45.9 Å². The van der Waals surface area contributed by atoms with Gasteiger partial charge in [-0.1, -0.05) is 37.3 Å². The molecule has 0 radical (unpaired) electrons. The van der Waals surface area contributed by atoms with Gasteiger partial charge in [-0.2, -0.15) is 0 Å². The van der Waals surface area contributed by atoms with Crippen LogP contribution in [0.4, 0.5) is 0 Å². The van der Waals surface area contributed by atoms with E-state index in [0.29, 0.717) is 17.3 Å². The Hall–Kier alpha value is -2.14. The van der Waals surface area contributed by atoms with E-state index in [0.717, 1.165) is 18.4 Å². The quantitative estimate of drug-likeness (QED) is 0.744. The number of nitrogens with zero attached hydrogens (tertiary/aromatic N) is 1. The number of hydrogen-bond donors (Lipinski definition) is 0. The predicted molar refractivity (Wildman–Crippen MR) is 103 cm³/mol. The predicted octanol–water partition coefficient (Wildman–Crippen LogP) is 4.08. The minimum absolute atomic E-state index is 0.197. The monoisotopic (exact) mass is 371 g/mol. The molecule has 0 spiro atoms. The van der Waals surface area contributed by atoms with E-state index in [4.69, 9.17) is 4.74 Å². The summed E-state index contributed by atoms with van der Waals surface area (Å²) in [5, 5.41) is 0. The van der Waals surface area contributed by atoms with Crippen molar-refractivity contribution in [2.75, 3.05) is 7.05 Å². The third kappa shape index (κ3) is 4.33. The van der Waals surface area contributed by atoms with Gasteiger partial charge in [-0.05, 0) is 49.3 Å². The number of rotatable bonds is 5. The number of aryl methyl sites for hydroxylation is 1. The summed E-state index contributed by atoms with van der Waals surface area (Å²) in [6.45, 7) is 4.37. The molecule has 5 heteroatoms. The minimum Gasteiger partial charge on any atom is -0.448 e. The molecule has 1 aromatic carbocycles. The van der Waals surface area contributed by atoms with Crippen LogP contribution in [0.15, 0.2) is 36.4 Å². The van der Waals surface area contributed by atoms with E-state index in [1.165, 1.54) is 28.2 Å². The van der Waals surface area contributed by atoms with Crippen LogP contribution in [0.2, 0.25) is 0 Å². The molecule has 2 aromatic rings. The number of hydrogen-bond acceptors (Lipinski definition) is 4. The van der Waals surface area contributed by atoms with Crippen LogP contribution < -0.4 is 0 Å². The molecular weight excluding hydrogens is 346 g/mol. The van der Waals surface area contributed by atoms with Crippen LogP contribution in [0.3, 0.4) is 0 Å². The molecule has 1 amide bonds. The number of amides is 1. The van der Waals surface area contributed by atoms with Gasteiger partial charge in [0.25, 0.3) is 5.91 Å². The zero-order valence-electron chi connectivity index (χ0n) is 15.5. The Balaban J connectivity index is 1.59. The van der Waals surface area contributed by atoms with Crippen LogP contribution in [0, 0.1) is 5.92 Å². The van der Waals surface area contributed by atoms with Crippen molar-refractivity contribution in [2.45, 2.75) is 45.8 Å². The van der Waals surface area contributed by atoms with Gasteiger partial charge in [0.15, 0.2) is 6.10 Å². The lowest BCUT2D eigenvalue weighted by Crippen LogP contribution is -2.37. The van der Waals surface area contributed by atoms with Gasteiger partial charge in [-0.25, -0.2) is 4.79 Å². The summed E-state index contributed by atoms with van der Waals surface area (Å²) in [5.41, 5.74) is 2.31. The molecule has 3 rings (SSSR count). The molecule has 0 fully saturated rings. The highest BCUT2D eigenvalue weighted by molar-refractivity contribution is 7.14. The summed E-state index contributed by atoms with van der Waals surface area (Å²) >= 11 is 1.51. The Morgan fingerprint density at radius 2 is 2.04 bits per heavy atom. The summed E-state index contributed by atoms with van der Waals surface area (Å²) in [5.74, 6) is 0.0660. The Morgan fingerprint density at radius 3 is 2.77 bits per heavy atom. The van der Waals surface area contributed by atoms with Gasteiger partial charge in [0.2, 0.25) is 0 Å². The zero-order valence-corrected chi connectivity index (χ0v) is 16.3. The maximum atomic E-state index is 12.5. The highest BCUT2D eigenvalue weighted by atomic mass is 32.1. The first kappa shape index (κ1) is 18.6. The number of carbonyl (C=O) groups is 2. The van der Waals surface area contributed by atoms with Gasteiger partial charge in [0.1, 0.15) is 4.88 Å². The van der Waals surface area contributed by atoms with Crippen molar-refractivity contribution >= 4 is 23.2 Å². The second-order valence-electron chi connectivity index (χ2n) is 7.13. The molecule has 0 saturated heterocycles. The smallest absolute Gasteiger partial charge is 0.349 e. The second-order valence-corrected chi connectivity index (χ2v) is 8.27. The molecule has 26 heavy (non-hydrogen) atoms. The Morgan fingerprint density at radius 1 is 1.31 bits per heavy atom. The molecule has 0 bridgehead atoms. The fraction of sp³-hybridized carbons (Fsp3) is 0.429. The van der Waals surface area contributed by atoms with Crippen LogP contribution >= 0.6 is 11.3 Å². The largest absolute Gasteiger partial charge is 0.448 e. The van der Waals surface area contributed by atoms with E-state index in [9.17, 15) is 9.59 Å². The molecule has 0 aliphatic heterocycles. The summed E-state index contributed by atoms with van der Waals surface area (Å²) in [6, 6.07) is 11.7. The minimum atomic E-state index is -0.797. The molecule has 1 aliphatic carbocycles. The molecule has 0 N–H and O–H groups in total. The fourth-order valence-corrected chi connectivity index (χ4v) is 4.41. The van der Waals surface area contributed by atoms with E-state index in [1.807, 2.05) is 36.4 Å². The van der Waals surface area contributed by atoms with Crippen LogP contribution in [0.5, 0.6) is 0 Å². The Labute approximate surface area is 158 Å². The van der Waals surface area contributed by atoms with Crippen molar-refractivity contribution < 1.29 is 14.3 Å². The van der Waals surface area contributed by atoms with Crippen molar-refractivity contribution in [3.8, 4) is 0 Å². The van der Waals surface area contributed by atoms with E-state index in [-0.39, 0.29) is 5.91 Å². The maximum Gasteiger partial charge on any atom is 0.349 e. The molecule has 1 heterocycles. The summed E-state index contributed by atoms with van der Waals surface area (Å²) in [7, 11) is 1.73. The number of esters is 1. The van der Waals surface area contributed by atoms with Gasteiger partial charge in [-0.15, -0.1) is 11.3 Å². The number of thiophene rings is 1. The molecule has 1 aromatic heterocycles. The first-order chi connectivity index (χ1) is 12.4. The van der Waals surface area contributed by atoms with E-state index in [1.54, 1.807) is 18.9 Å². The van der Waals surface area contributed by atoms with E-state index < -0.39 is 12.1 Å². The number of ether oxygens (including phenoxy) is 1. The van der Waals surface area contributed by atoms with Crippen LogP contribution in [-0.2, 0) is 28.9 Å². The number of likely N-dealkylation sites (N-methyl/N-ethyl adjacent to an activating group) is 1. The van der Waals surface area contributed by atoms with Crippen molar-refractivity contribution in [3.63, 3.8) is 0 Å². The third-order valence-corrected chi connectivity index (χ3v) is 6.02. The molecular formula is C21H25NO3S. The number of benzene rings is 1. The summed E-state index contributed by atoms with van der Waals surface area (Å²) < 4.78 is 5.44.